The monoisotopic (exact) mass is 276 g/mol. The summed E-state index contributed by atoms with van der Waals surface area (Å²) >= 11 is 0. The zero-order valence-electron chi connectivity index (χ0n) is 12.7. The van der Waals surface area contributed by atoms with E-state index < -0.39 is 0 Å². The molecule has 2 amide bonds. The van der Waals surface area contributed by atoms with Gasteiger partial charge in [-0.3, -0.25) is 10.2 Å². The summed E-state index contributed by atoms with van der Waals surface area (Å²) in [5.74, 6) is 1.06. The van der Waals surface area contributed by atoms with Crippen LogP contribution in [-0.2, 0) is 0 Å². The Labute approximate surface area is 120 Å². The van der Waals surface area contributed by atoms with Gasteiger partial charge in [-0.1, -0.05) is 13.0 Å². The minimum absolute atomic E-state index is 0.175. The van der Waals surface area contributed by atoms with Crippen LogP contribution in [0.15, 0.2) is 18.2 Å². The number of carbonyl (C=O) groups is 1. The van der Waals surface area contributed by atoms with Crippen LogP contribution >= 0.6 is 0 Å². The predicted octanol–water partition coefficient (Wildman–Crippen LogP) is 2.24. The van der Waals surface area contributed by atoms with Gasteiger partial charge in [0.15, 0.2) is 0 Å². The fraction of sp³-hybridized carbons (Fsp3) is 0.600. The molecule has 2 heterocycles. The third-order valence-electron chi connectivity index (χ3n) is 3.82. The van der Waals surface area contributed by atoms with Gasteiger partial charge in [-0.05, 0) is 38.8 Å². The zero-order valence-corrected chi connectivity index (χ0v) is 12.7. The first-order valence-corrected chi connectivity index (χ1v) is 7.21. The Morgan fingerprint density at radius 2 is 2.15 bits per heavy atom. The van der Waals surface area contributed by atoms with Crippen LogP contribution in [0.1, 0.15) is 26.5 Å². The van der Waals surface area contributed by atoms with Crippen molar-refractivity contribution in [3.63, 3.8) is 0 Å². The second-order valence-electron chi connectivity index (χ2n) is 5.89. The van der Waals surface area contributed by atoms with E-state index in [0.29, 0.717) is 17.8 Å². The summed E-state index contributed by atoms with van der Waals surface area (Å²) in [5, 5.41) is 5.84. The molecule has 0 spiro atoms. The molecule has 1 saturated heterocycles. The second kappa shape index (κ2) is 6.22. The van der Waals surface area contributed by atoms with Crippen LogP contribution in [0.3, 0.4) is 0 Å². The Morgan fingerprint density at radius 3 is 2.75 bits per heavy atom. The first-order valence-electron chi connectivity index (χ1n) is 7.21. The SMILES string of the molecule is Cc1cccc(NC(=O)N[C@H]2CN(C(C)C)C[C@H]2C)n1. The normalized spacial score (nSPS) is 23.1. The van der Waals surface area contributed by atoms with Crippen molar-refractivity contribution in [2.45, 2.75) is 39.8 Å². The molecule has 2 atom stereocenters. The van der Waals surface area contributed by atoms with Crippen molar-refractivity contribution in [1.29, 1.82) is 0 Å². The summed E-state index contributed by atoms with van der Waals surface area (Å²) in [5.41, 5.74) is 0.892. The minimum Gasteiger partial charge on any atom is -0.333 e. The fourth-order valence-corrected chi connectivity index (χ4v) is 2.55. The lowest BCUT2D eigenvalue weighted by molar-refractivity contribution is 0.243. The third-order valence-corrected chi connectivity index (χ3v) is 3.82. The number of amides is 2. The lowest BCUT2D eigenvalue weighted by Crippen LogP contribution is -2.42. The van der Waals surface area contributed by atoms with Gasteiger partial charge in [0.25, 0.3) is 0 Å². The number of aryl methyl sites for hydroxylation is 1. The van der Waals surface area contributed by atoms with E-state index >= 15 is 0 Å². The number of pyridine rings is 1. The maximum absolute atomic E-state index is 12.0. The highest BCUT2D eigenvalue weighted by Gasteiger charge is 2.31. The molecular weight excluding hydrogens is 252 g/mol. The number of hydrogen-bond donors (Lipinski definition) is 2. The predicted molar refractivity (Wildman–Crippen MR) is 80.8 cm³/mol. The highest BCUT2D eigenvalue weighted by atomic mass is 16.2. The van der Waals surface area contributed by atoms with Gasteiger partial charge >= 0.3 is 6.03 Å². The van der Waals surface area contributed by atoms with Crippen LogP contribution in [0.4, 0.5) is 10.6 Å². The zero-order chi connectivity index (χ0) is 14.7. The van der Waals surface area contributed by atoms with E-state index in [0.717, 1.165) is 18.8 Å². The molecule has 1 aromatic rings. The van der Waals surface area contributed by atoms with Gasteiger partial charge in [-0.25, -0.2) is 9.78 Å². The third kappa shape index (κ3) is 3.70. The van der Waals surface area contributed by atoms with Crippen molar-refractivity contribution in [2.24, 2.45) is 5.92 Å². The van der Waals surface area contributed by atoms with E-state index in [1.165, 1.54) is 0 Å². The number of nitrogens with one attached hydrogen (secondary N) is 2. The average Bonchev–Trinajstić information content (AvgIpc) is 2.71. The molecule has 5 nitrogen and oxygen atoms in total. The largest absolute Gasteiger partial charge is 0.333 e. The molecule has 110 valence electrons. The quantitative estimate of drug-likeness (QED) is 0.890. The van der Waals surface area contributed by atoms with E-state index in [2.05, 4.69) is 41.3 Å². The number of rotatable bonds is 3. The Kier molecular flexibility index (Phi) is 4.60. The number of urea groups is 1. The topological polar surface area (TPSA) is 57.3 Å². The summed E-state index contributed by atoms with van der Waals surface area (Å²) in [6.07, 6.45) is 0. The first kappa shape index (κ1) is 14.8. The molecule has 0 unspecified atom stereocenters. The Bertz CT molecular complexity index is 475. The van der Waals surface area contributed by atoms with Gasteiger partial charge in [-0.15, -0.1) is 0 Å². The summed E-state index contributed by atoms with van der Waals surface area (Å²) in [4.78, 5) is 18.7. The standard InChI is InChI=1S/C15H24N4O/c1-10(2)19-8-11(3)13(9-19)17-15(20)18-14-7-5-6-12(4)16-14/h5-7,10-11,13H,8-9H2,1-4H3,(H2,16,17,18,20)/t11-,13+/m1/s1. The van der Waals surface area contributed by atoms with Crippen LogP contribution in [0.5, 0.6) is 0 Å². The molecule has 0 saturated carbocycles. The second-order valence-corrected chi connectivity index (χ2v) is 5.89. The number of aromatic nitrogens is 1. The van der Waals surface area contributed by atoms with E-state index in [1.807, 2.05) is 19.1 Å². The summed E-state index contributed by atoms with van der Waals surface area (Å²) in [6.45, 7) is 10.4. The van der Waals surface area contributed by atoms with Crippen molar-refractivity contribution in [3.05, 3.63) is 23.9 Å². The molecule has 1 aliphatic rings. The molecule has 0 aliphatic carbocycles. The molecule has 0 aromatic carbocycles. The average molecular weight is 276 g/mol. The number of likely N-dealkylation sites (tertiary alicyclic amines) is 1. The van der Waals surface area contributed by atoms with Gasteiger partial charge in [0.1, 0.15) is 5.82 Å². The lowest BCUT2D eigenvalue weighted by Gasteiger charge is -2.20. The maximum atomic E-state index is 12.0. The Hall–Kier alpha value is -1.62. The molecule has 1 fully saturated rings. The number of hydrogen-bond acceptors (Lipinski definition) is 3. The summed E-state index contributed by atoms with van der Waals surface area (Å²) in [7, 11) is 0. The van der Waals surface area contributed by atoms with Crippen molar-refractivity contribution in [2.75, 3.05) is 18.4 Å². The molecule has 5 heteroatoms. The first-order chi connectivity index (χ1) is 9.45. The number of anilines is 1. The van der Waals surface area contributed by atoms with Gasteiger partial charge in [0, 0.05) is 30.9 Å². The smallest absolute Gasteiger partial charge is 0.320 e. The molecule has 1 aromatic heterocycles. The van der Waals surface area contributed by atoms with E-state index in [1.54, 1.807) is 6.07 Å². The van der Waals surface area contributed by atoms with Crippen LogP contribution in [-0.4, -0.2) is 41.1 Å². The highest BCUT2D eigenvalue weighted by Crippen LogP contribution is 2.18. The van der Waals surface area contributed by atoms with Gasteiger partial charge in [0.05, 0.1) is 0 Å². The number of nitrogens with zero attached hydrogens (tertiary/aromatic N) is 2. The van der Waals surface area contributed by atoms with Gasteiger partial charge < -0.3 is 5.32 Å². The van der Waals surface area contributed by atoms with E-state index in [4.69, 9.17) is 0 Å². The molecule has 2 rings (SSSR count). The molecule has 2 N–H and O–H groups in total. The maximum Gasteiger partial charge on any atom is 0.320 e. The molecule has 1 aliphatic heterocycles. The van der Waals surface area contributed by atoms with E-state index in [-0.39, 0.29) is 12.1 Å². The van der Waals surface area contributed by atoms with Crippen molar-refractivity contribution in [3.8, 4) is 0 Å². The van der Waals surface area contributed by atoms with Crippen LogP contribution in [0.2, 0.25) is 0 Å². The van der Waals surface area contributed by atoms with Crippen molar-refractivity contribution in [1.82, 2.24) is 15.2 Å². The highest BCUT2D eigenvalue weighted by molar-refractivity contribution is 5.88. The minimum atomic E-state index is -0.175. The molecule has 0 radical (unpaired) electrons. The van der Waals surface area contributed by atoms with Crippen molar-refractivity contribution < 1.29 is 4.79 Å². The van der Waals surface area contributed by atoms with Crippen LogP contribution < -0.4 is 10.6 Å². The molecular formula is C15H24N4O. The molecule has 20 heavy (non-hydrogen) atoms. The van der Waals surface area contributed by atoms with Gasteiger partial charge in [0.2, 0.25) is 0 Å². The molecule has 0 bridgehead atoms. The summed E-state index contributed by atoms with van der Waals surface area (Å²) < 4.78 is 0. The summed E-state index contributed by atoms with van der Waals surface area (Å²) in [6, 6.07) is 6.13. The van der Waals surface area contributed by atoms with Gasteiger partial charge in [-0.2, -0.15) is 0 Å². The fourth-order valence-electron chi connectivity index (χ4n) is 2.55. The number of carbonyl (C=O) groups excluding carboxylic acids is 1. The van der Waals surface area contributed by atoms with Crippen molar-refractivity contribution >= 4 is 11.8 Å². The Morgan fingerprint density at radius 1 is 1.40 bits per heavy atom. The van der Waals surface area contributed by atoms with Crippen LogP contribution in [0, 0.1) is 12.8 Å². The Balaban J connectivity index is 1.89. The van der Waals surface area contributed by atoms with Crippen LogP contribution in [0.25, 0.3) is 0 Å². The van der Waals surface area contributed by atoms with E-state index in [9.17, 15) is 4.79 Å². The lowest BCUT2D eigenvalue weighted by atomic mass is 10.1.